The topological polar surface area (TPSA) is 49.0 Å². The molecule has 1 aliphatic rings. The average Bonchev–Trinajstić information content (AvgIpc) is 2.78. The highest BCUT2D eigenvalue weighted by molar-refractivity contribution is 5.95. The molecule has 0 saturated carbocycles. The van der Waals surface area contributed by atoms with Crippen LogP contribution in [0, 0.1) is 5.92 Å². The Morgan fingerprint density at radius 3 is 3.00 bits per heavy atom. The molecule has 2 heterocycles. The van der Waals surface area contributed by atoms with E-state index in [1.54, 1.807) is 6.20 Å². The van der Waals surface area contributed by atoms with Crippen molar-refractivity contribution >= 4 is 5.91 Å². The molecule has 0 spiro atoms. The van der Waals surface area contributed by atoms with Crippen molar-refractivity contribution in [3.05, 3.63) is 17.5 Å². The molecule has 19 heavy (non-hydrogen) atoms. The molecule has 1 amide bonds. The van der Waals surface area contributed by atoms with Gasteiger partial charge in [-0.15, -0.1) is 0 Å². The number of amides is 1. The van der Waals surface area contributed by atoms with Gasteiger partial charge in [0.15, 0.2) is 0 Å². The highest BCUT2D eigenvalue weighted by Gasteiger charge is 2.23. The smallest absolute Gasteiger partial charge is 0.257 e. The molecule has 0 aromatic carbocycles. The van der Waals surface area contributed by atoms with Crippen molar-refractivity contribution in [2.24, 2.45) is 5.92 Å². The molecule has 4 nitrogen and oxygen atoms in total. The van der Waals surface area contributed by atoms with Gasteiger partial charge in [-0.25, -0.2) is 0 Å². The van der Waals surface area contributed by atoms with Crippen molar-refractivity contribution < 1.29 is 4.79 Å². The van der Waals surface area contributed by atoms with E-state index in [4.69, 9.17) is 0 Å². The van der Waals surface area contributed by atoms with E-state index in [9.17, 15) is 4.79 Å². The van der Waals surface area contributed by atoms with Crippen LogP contribution in [0.5, 0.6) is 0 Å². The quantitative estimate of drug-likeness (QED) is 0.907. The largest absolute Gasteiger partial charge is 0.339 e. The first-order valence-corrected chi connectivity index (χ1v) is 7.57. The van der Waals surface area contributed by atoms with Crippen LogP contribution in [0.15, 0.2) is 6.20 Å². The molecule has 0 bridgehead atoms. The van der Waals surface area contributed by atoms with Gasteiger partial charge in [0.25, 0.3) is 5.91 Å². The van der Waals surface area contributed by atoms with Crippen LogP contribution in [0.25, 0.3) is 0 Å². The first kappa shape index (κ1) is 14.1. The molecule has 1 aromatic heterocycles. The number of nitrogens with zero attached hydrogens (tertiary/aromatic N) is 2. The van der Waals surface area contributed by atoms with Gasteiger partial charge in [-0.3, -0.25) is 9.89 Å². The van der Waals surface area contributed by atoms with E-state index in [0.29, 0.717) is 0 Å². The van der Waals surface area contributed by atoms with Crippen LogP contribution in [0.3, 0.4) is 0 Å². The van der Waals surface area contributed by atoms with Crippen molar-refractivity contribution in [2.45, 2.75) is 52.4 Å². The highest BCUT2D eigenvalue weighted by atomic mass is 16.2. The van der Waals surface area contributed by atoms with Crippen molar-refractivity contribution in [1.29, 1.82) is 0 Å². The van der Waals surface area contributed by atoms with E-state index in [0.717, 1.165) is 49.5 Å². The minimum absolute atomic E-state index is 0.155. The Bertz CT molecular complexity index is 413. The van der Waals surface area contributed by atoms with E-state index < -0.39 is 0 Å². The van der Waals surface area contributed by atoms with Crippen LogP contribution in [0.2, 0.25) is 0 Å². The van der Waals surface area contributed by atoms with E-state index in [1.165, 1.54) is 19.3 Å². The lowest BCUT2D eigenvalue weighted by molar-refractivity contribution is 0.0759. The Morgan fingerprint density at radius 2 is 2.26 bits per heavy atom. The third-order valence-corrected chi connectivity index (χ3v) is 4.13. The second kappa shape index (κ2) is 6.73. The van der Waals surface area contributed by atoms with Crippen molar-refractivity contribution in [1.82, 2.24) is 15.1 Å². The Hall–Kier alpha value is -1.32. The number of carbonyl (C=O) groups excluding carboxylic acids is 1. The zero-order valence-electron chi connectivity index (χ0n) is 12.1. The Morgan fingerprint density at radius 1 is 1.42 bits per heavy atom. The van der Waals surface area contributed by atoms with Crippen LogP contribution in [0.1, 0.15) is 62.0 Å². The van der Waals surface area contributed by atoms with Gasteiger partial charge in [-0.2, -0.15) is 5.10 Å². The fourth-order valence-electron chi connectivity index (χ4n) is 3.00. The molecule has 2 rings (SSSR count). The molecule has 1 aliphatic heterocycles. The SMILES string of the molecule is CCC[C@@H]1CCCN(C(=O)c2cn[nH]c2CC)CC1. The number of likely N-dealkylation sites (tertiary alicyclic amines) is 1. The molecule has 0 unspecified atom stereocenters. The van der Waals surface area contributed by atoms with Gasteiger partial charge < -0.3 is 4.90 Å². The minimum Gasteiger partial charge on any atom is -0.339 e. The lowest BCUT2D eigenvalue weighted by Crippen LogP contribution is -2.32. The fraction of sp³-hybridized carbons (Fsp3) is 0.733. The van der Waals surface area contributed by atoms with Gasteiger partial charge in [-0.05, 0) is 31.6 Å². The lowest BCUT2D eigenvalue weighted by atomic mass is 9.96. The maximum absolute atomic E-state index is 12.5. The number of carbonyl (C=O) groups is 1. The van der Waals surface area contributed by atoms with Gasteiger partial charge in [-0.1, -0.05) is 26.7 Å². The third kappa shape index (κ3) is 3.37. The van der Waals surface area contributed by atoms with Crippen molar-refractivity contribution in [2.75, 3.05) is 13.1 Å². The summed E-state index contributed by atoms with van der Waals surface area (Å²) in [7, 11) is 0. The minimum atomic E-state index is 0.155. The summed E-state index contributed by atoms with van der Waals surface area (Å²) in [5.74, 6) is 0.959. The monoisotopic (exact) mass is 263 g/mol. The second-order valence-corrected chi connectivity index (χ2v) is 5.49. The molecule has 106 valence electrons. The summed E-state index contributed by atoms with van der Waals surface area (Å²) < 4.78 is 0. The molecule has 0 aliphatic carbocycles. The Labute approximate surface area is 115 Å². The van der Waals surface area contributed by atoms with Crippen molar-refractivity contribution in [3.8, 4) is 0 Å². The molecule has 1 aromatic rings. The number of aromatic nitrogens is 2. The molecule has 1 N–H and O–H groups in total. The maximum atomic E-state index is 12.5. The summed E-state index contributed by atoms with van der Waals surface area (Å²) in [4.78, 5) is 14.5. The standard InChI is InChI=1S/C15H25N3O/c1-3-6-12-7-5-9-18(10-8-12)15(19)13-11-16-17-14(13)4-2/h11-12H,3-10H2,1-2H3,(H,16,17)/t12-/m1/s1. The van der Waals surface area contributed by atoms with Crippen LogP contribution in [-0.2, 0) is 6.42 Å². The number of rotatable bonds is 4. The average molecular weight is 263 g/mol. The zero-order chi connectivity index (χ0) is 13.7. The highest BCUT2D eigenvalue weighted by Crippen LogP contribution is 2.23. The summed E-state index contributed by atoms with van der Waals surface area (Å²) in [5, 5.41) is 6.93. The van der Waals surface area contributed by atoms with Crippen molar-refractivity contribution in [3.63, 3.8) is 0 Å². The third-order valence-electron chi connectivity index (χ3n) is 4.13. The summed E-state index contributed by atoms with van der Waals surface area (Å²) >= 11 is 0. The van der Waals surface area contributed by atoms with Gasteiger partial charge >= 0.3 is 0 Å². The number of aryl methyl sites for hydroxylation is 1. The predicted octanol–water partition coefficient (Wildman–Crippen LogP) is 3.01. The summed E-state index contributed by atoms with van der Waals surface area (Å²) in [5.41, 5.74) is 1.72. The van der Waals surface area contributed by atoms with Crippen LogP contribution < -0.4 is 0 Å². The van der Waals surface area contributed by atoms with Crippen LogP contribution in [-0.4, -0.2) is 34.1 Å². The van der Waals surface area contributed by atoms with Gasteiger partial charge in [0.1, 0.15) is 0 Å². The molecule has 4 heteroatoms. The van der Waals surface area contributed by atoms with Gasteiger partial charge in [0.05, 0.1) is 11.8 Å². The number of H-pyrrole nitrogens is 1. The summed E-state index contributed by atoms with van der Waals surface area (Å²) in [6.07, 6.45) is 8.61. The number of nitrogens with one attached hydrogen (secondary N) is 1. The van der Waals surface area contributed by atoms with E-state index in [2.05, 4.69) is 17.1 Å². The van der Waals surface area contributed by atoms with E-state index in [1.807, 2.05) is 11.8 Å². The lowest BCUT2D eigenvalue weighted by Gasteiger charge is -2.20. The molecular formula is C15H25N3O. The molecular weight excluding hydrogens is 238 g/mol. The van der Waals surface area contributed by atoms with Gasteiger partial charge in [0.2, 0.25) is 0 Å². The fourth-order valence-corrected chi connectivity index (χ4v) is 3.00. The number of aromatic amines is 1. The molecule has 1 saturated heterocycles. The summed E-state index contributed by atoms with van der Waals surface area (Å²) in [6.45, 7) is 6.09. The first-order chi connectivity index (χ1) is 9.26. The maximum Gasteiger partial charge on any atom is 0.257 e. The molecule has 1 fully saturated rings. The molecule has 1 atom stereocenters. The van der Waals surface area contributed by atoms with Crippen LogP contribution in [0.4, 0.5) is 0 Å². The number of hydrogen-bond acceptors (Lipinski definition) is 2. The Kier molecular flexibility index (Phi) is 5.00. The first-order valence-electron chi connectivity index (χ1n) is 7.57. The second-order valence-electron chi connectivity index (χ2n) is 5.49. The normalized spacial score (nSPS) is 20.3. The molecule has 0 radical (unpaired) electrons. The summed E-state index contributed by atoms with van der Waals surface area (Å²) in [6, 6.07) is 0. The Balaban J connectivity index is 2.00. The zero-order valence-corrected chi connectivity index (χ0v) is 12.1. The van der Waals surface area contributed by atoms with E-state index in [-0.39, 0.29) is 5.91 Å². The van der Waals surface area contributed by atoms with E-state index >= 15 is 0 Å². The van der Waals surface area contributed by atoms with Gasteiger partial charge in [0, 0.05) is 18.8 Å². The predicted molar refractivity (Wildman–Crippen MR) is 76.1 cm³/mol. The number of hydrogen-bond donors (Lipinski definition) is 1. The van der Waals surface area contributed by atoms with Crippen LogP contribution >= 0.6 is 0 Å².